The maximum Gasteiger partial charge on any atom is 0.141 e. The Morgan fingerprint density at radius 2 is 0.928 bits per heavy atom. The van der Waals surface area contributed by atoms with Crippen LogP contribution in [0.3, 0.4) is 0 Å². The van der Waals surface area contributed by atoms with Gasteiger partial charge in [-0.3, -0.25) is 0 Å². The zero-order chi connectivity index (χ0) is 64.7. The Morgan fingerprint density at radius 1 is 0.381 bits per heavy atom. The maximum atomic E-state index is 7.52. The Bertz CT molecular complexity index is 6450. The van der Waals surface area contributed by atoms with E-state index in [4.69, 9.17) is 13.3 Å². The molecule has 2 atom stereocenters. The third-order valence-electron chi connectivity index (χ3n) is 24.4. The van der Waals surface area contributed by atoms with Crippen LogP contribution in [0.15, 0.2) is 261 Å². The predicted octanol–water partition coefficient (Wildman–Crippen LogP) is 25.2. The fraction of sp³-hybridized carbons (Fsp3) is 0.152. The van der Waals surface area contributed by atoms with Crippen molar-refractivity contribution >= 4 is 121 Å². The van der Waals surface area contributed by atoms with Gasteiger partial charge in [0.05, 0.1) is 16.8 Å². The molecule has 5 heteroatoms. The molecule has 0 radical (unpaired) electrons. The van der Waals surface area contributed by atoms with E-state index < -0.39 is 5.41 Å². The molecule has 13 aromatic carbocycles. The number of hydrogen-bond donors (Lipinski definition) is 0. The van der Waals surface area contributed by atoms with Crippen molar-refractivity contribution in [3.05, 3.63) is 298 Å². The van der Waals surface area contributed by atoms with Gasteiger partial charge in [-0.25, -0.2) is 0 Å². The van der Waals surface area contributed by atoms with Crippen molar-refractivity contribution in [3.8, 4) is 33.4 Å². The number of fused-ring (bicyclic) bond motifs is 28. The van der Waals surface area contributed by atoms with E-state index in [1.165, 1.54) is 128 Å². The Hall–Kier alpha value is -11.1. The summed E-state index contributed by atoms with van der Waals surface area (Å²) in [5.74, 6) is 0.350. The second-order valence-corrected chi connectivity index (χ2v) is 30.4. The fourth-order valence-electron chi connectivity index (χ4n) is 19.8. The average Bonchev–Trinajstić information content (AvgIpc) is 1.53. The number of furan rings is 3. The van der Waals surface area contributed by atoms with Crippen molar-refractivity contribution in [1.82, 2.24) is 0 Å². The molecular weight excluding hydrogens is 1180 g/mol. The van der Waals surface area contributed by atoms with Crippen LogP contribution >= 0.6 is 0 Å². The quantitative estimate of drug-likeness (QED) is 0.176. The van der Waals surface area contributed by atoms with Crippen LogP contribution < -0.4 is 9.80 Å². The van der Waals surface area contributed by atoms with E-state index in [2.05, 4.69) is 302 Å². The summed E-state index contributed by atoms with van der Waals surface area (Å²) >= 11 is 0. The second-order valence-electron chi connectivity index (χ2n) is 30.4. The molecule has 3 aromatic heterocycles. The van der Waals surface area contributed by atoms with Gasteiger partial charge in [-0.15, -0.1) is 0 Å². The molecule has 4 heterocycles. The van der Waals surface area contributed by atoms with Gasteiger partial charge in [-0.1, -0.05) is 200 Å². The minimum Gasteiger partial charge on any atom is -0.456 e. The molecule has 0 fully saturated rings. The van der Waals surface area contributed by atoms with Crippen molar-refractivity contribution in [3.63, 3.8) is 0 Å². The second kappa shape index (κ2) is 18.0. The summed E-state index contributed by atoms with van der Waals surface area (Å²) in [4.78, 5) is 5.07. The van der Waals surface area contributed by atoms with Crippen LogP contribution in [0.2, 0.25) is 0 Å². The third kappa shape index (κ3) is 6.66. The van der Waals surface area contributed by atoms with Crippen molar-refractivity contribution in [2.75, 3.05) is 9.80 Å². The molecule has 0 saturated heterocycles. The summed E-state index contributed by atoms with van der Waals surface area (Å²) in [6.07, 6.45) is 3.49. The van der Waals surface area contributed by atoms with E-state index in [9.17, 15) is 0 Å². The number of nitrogens with zero attached hydrogens (tertiary/aromatic N) is 2. The zero-order valence-electron chi connectivity index (χ0n) is 55.4. The van der Waals surface area contributed by atoms with E-state index in [0.717, 1.165) is 95.0 Å². The van der Waals surface area contributed by atoms with E-state index in [-0.39, 0.29) is 16.2 Å². The molecule has 97 heavy (non-hydrogen) atoms. The molecule has 5 aliphatic carbocycles. The molecule has 0 saturated carbocycles. The lowest BCUT2D eigenvalue weighted by Crippen LogP contribution is -2.38. The average molecular weight is 1250 g/mol. The Balaban J connectivity index is 0.702. The van der Waals surface area contributed by atoms with Crippen LogP contribution in [-0.4, -0.2) is 0 Å². The zero-order valence-corrected chi connectivity index (χ0v) is 55.4. The normalized spacial score (nSPS) is 18.5. The molecule has 0 spiro atoms. The van der Waals surface area contributed by atoms with Gasteiger partial charge in [0.15, 0.2) is 0 Å². The first-order chi connectivity index (χ1) is 47.1. The van der Waals surface area contributed by atoms with Crippen LogP contribution in [0.25, 0.3) is 126 Å². The summed E-state index contributed by atoms with van der Waals surface area (Å²) in [5, 5.41) is 11.3. The first kappa shape index (κ1) is 54.1. The maximum absolute atomic E-state index is 7.52. The van der Waals surface area contributed by atoms with Gasteiger partial charge in [-0.05, 0) is 209 Å². The Morgan fingerprint density at radius 3 is 1.63 bits per heavy atom. The summed E-state index contributed by atoms with van der Waals surface area (Å²) in [7, 11) is 0. The number of hydrogen-bond acceptors (Lipinski definition) is 5. The Labute approximate surface area is 561 Å². The first-order valence-electron chi connectivity index (χ1n) is 34.6. The highest BCUT2D eigenvalue weighted by atomic mass is 16.3. The van der Waals surface area contributed by atoms with Crippen molar-refractivity contribution < 1.29 is 13.3 Å². The molecule has 0 bridgehead atoms. The molecule has 2 unspecified atom stereocenters. The van der Waals surface area contributed by atoms with Gasteiger partial charge in [0.2, 0.25) is 0 Å². The van der Waals surface area contributed by atoms with Crippen molar-refractivity contribution in [1.29, 1.82) is 0 Å². The Kier molecular flexibility index (Phi) is 10.1. The van der Waals surface area contributed by atoms with Gasteiger partial charge in [-0.2, -0.15) is 0 Å². The largest absolute Gasteiger partial charge is 0.456 e. The third-order valence-corrected chi connectivity index (χ3v) is 24.4. The van der Waals surface area contributed by atoms with Crippen LogP contribution in [0.5, 0.6) is 0 Å². The molecular formula is C92H66N2O3. The highest BCUT2D eigenvalue weighted by molar-refractivity contribution is 6.20. The SMILES string of the molecule is CC1CC=C2C3=C1c1ccccc1C3(C)c1c(ccc3c1oc1cc4c(cc13)oc1cc3c(cc14)oc1cc(N(c4ccc5c(c4)C(C)(C)c4ccc6ccccc6c4-5)c4cccc5c4C(C)(C)c4ccccc4-5)ccc13)N2c1ccc2c(c1)C(C)(C)c1ccc3ccccc3c1-2. The highest BCUT2D eigenvalue weighted by Crippen LogP contribution is 2.66. The van der Waals surface area contributed by atoms with Crippen molar-refractivity contribution in [2.45, 2.75) is 83.5 Å². The van der Waals surface area contributed by atoms with Crippen molar-refractivity contribution in [2.24, 2.45) is 5.92 Å². The minimum atomic E-state index is -0.490. The van der Waals surface area contributed by atoms with Gasteiger partial charge in [0.25, 0.3) is 0 Å². The number of benzene rings is 13. The van der Waals surface area contributed by atoms with E-state index in [0.29, 0.717) is 5.92 Å². The van der Waals surface area contributed by atoms with Gasteiger partial charge >= 0.3 is 0 Å². The van der Waals surface area contributed by atoms with Crippen LogP contribution in [0, 0.1) is 5.92 Å². The molecule has 22 rings (SSSR count). The number of rotatable bonds is 4. The van der Waals surface area contributed by atoms with E-state index >= 15 is 0 Å². The number of allylic oxidation sites excluding steroid dienone is 3. The smallest absolute Gasteiger partial charge is 0.141 e. The van der Waals surface area contributed by atoms with Crippen LogP contribution in [0.1, 0.15) is 112 Å². The molecule has 16 aromatic rings. The summed E-state index contributed by atoms with van der Waals surface area (Å²) in [5.41, 5.74) is 33.4. The summed E-state index contributed by atoms with van der Waals surface area (Å²) in [6.45, 7) is 19.2. The topological polar surface area (TPSA) is 45.9 Å². The minimum absolute atomic E-state index is 0.200. The number of anilines is 5. The monoisotopic (exact) mass is 1250 g/mol. The van der Waals surface area contributed by atoms with Crippen LogP contribution in [-0.2, 0) is 21.7 Å². The highest BCUT2D eigenvalue weighted by Gasteiger charge is 2.54. The lowest BCUT2D eigenvalue weighted by atomic mass is 9.67. The fourth-order valence-corrected chi connectivity index (χ4v) is 19.8. The molecule has 0 N–H and O–H groups in total. The van der Waals surface area contributed by atoms with Gasteiger partial charge in [0, 0.05) is 83.0 Å². The lowest BCUT2D eigenvalue weighted by Gasteiger charge is -2.46. The van der Waals surface area contributed by atoms with Crippen LogP contribution in [0.4, 0.5) is 28.4 Å². The lowest BCUT2D eigenvalue weighted by molar-refractivity contribution is 0.617. The molecule has 5 nitrogen and oxygen atoms in total. The predicted molar refractivity (Wildman–Crippen MR) is 401 cm³/mol. The summed E-state index contributed by atoms with van der Waals surface area (Å²) < 4.78 is 21.7. The van der Waals surface area contributed by atoms with E-state index in [1.807, 2.05) is 0 Å². The summed E-state index contributed by atoms with van der Waals surface area (Å²) in [6, 6.07) is 86.7. The molecule has 462 valence electrons. The molecule has 6 aliphatic rings. The first-order valence-corrected chi connectivity index (χ1v) is 34.6. The van der Waals surface area contributed by atoms with E-state index in [1.54, 1.807) is 0 Å². The van der Waals surface area contributed by atoms with Gasteiger partial charge in [0.1, 0.15) is 33.5 Å². The molecule has 1 aliphatic heterocycles. The molecule has 0 amide bonds. The van der Waals surface area contributed by atoms with Gasteiger partial charge < -0.3 is 23.1 Å². The standard InChI is InChI=1S/C92H66N2O3/c1-49-28-40-75-86-82(49)61-23-14-16-26-69(61)92(86,8)87-76(94(75)53-33-36-63-73(43-53)90(4,5)71-39-30-51-19-10-12-21-56(51)84(63)71)41-37-60-65-46-80-67(48-81(65)97-88(60)87)66-47-78-64(45-79(66)96-80)58-34-31-54(44-77(58)95-78)93(74-27-17-24-59-57-22-13-15-25-68(57)91(6,7)85(59)74)52-32-35-62-72(42-52)89(2,3)70-38-29-50-18-9-11-20-55(50)83(62)70/h9-27,29-49H,28H2,1-8H3.